The number of fused-ring (bicyclic) bond motifs is 1. The number of hydrogen-bond donors (Lipinski definition) is 2. The number of carbonyl (C=O) groups excluding carboxylic acids is 1. The van der Waals surface area contributed by atoms with Crippen molar-refractivity contribution in [3.63, 3.8) is 0 Å². The molecule has 1 aromatic carbocycles. The van der Waals surface area contributed by atoms with Crippen molar-refractivity contribution in [3.05, 3.63) is 23.8 Å². The molecule has 6 heteroatoms. The number of thiazole rings is 1. The number of benzene rings is 1. The molecule has 1 atom stereocenters. The Bertz CT molecular complexity index is 567. The number of rotatable bonds is 4. The minimum Gasteiger partial charge on any atom is -0.380 e. The highest BCUT2D eigenvalue weighted by Gasteiger charge is 2.09. The van der Waals surface area contributed by atoms with Crippen molar-refractivity contribution >= 4 is 32.6 Å². The zero-order chi connectivity index (χ0) is 13.1. The van der Waals surface area contributed by atoms with Crippen LogP contribution in [0.2, 0.25) is 0 Å². The zero-order valence-corrected chi connectivity index (χ0v) is 11.1. The van der Waals surface area contributed by atoms with Crippen molar-refractivity contribution in [1.82, 2.24) is 10.3 Å². The molecule has 0 radical (unpaired) electrons. The van der Waals surface area contributed by atoms with Gasteiger partial charge < -0.3 is 15.8 Å². The van der Waals surface area contributed by atoms with Crippen LogP contribution in [0.3, 0.4) is 0 Å². The molecule has 0 fully saturated rings. The van der Waals surface area contributed by atoms with Gasteiger partial charge in [-0.15, -0.1) is 0 Å². The van der Waals surface area contributed by atoms with Crippen LogP contribution in [0.25, 0.3) is 10.2 Å². The largest absolute Gasteiger partial charge is 0.380 e. The molecule has 0 bridgehead atoms. The van der Waals surface area contributed by atoms with Gasteiger partial charge in [-0.3, -0.25) is 4.79 Å². The minimum absolute atomic E-state index is 0.00303. The molecule has 0 spiro atoms. The smallest absolute Gasteiger partial charge is 0.251 e. The van der Waals surface area contributed by atoms with Gasteiger partial charge in [-0.2, -0.15) is 0 Å². The van der Waals surface area contributed by atoms with E-state index in [0.717, 1.165) is 10.2 Å². The van der Waals surface area contributed by atoms with Crippen LogP contribution in [0.1, 0.15) is 17.3 Å². The van der Waals surface area contributed by atoms with E-state index in [0.29, 0.717) is 17.2 Å². The molecule has 1 heterocycles. The van der Waals surface area contributed by atoms with Crippen LogP contribution < -0.4 is 11.1 Å². The van der Waals surface area contributed by atoms with E-state index in [1.807, 2.05) is 6.92 Å². The van der Waals surface area contributed by atoms with Crippen LogP contribution in [0, 0.1) is 0 Å². The molecule has 3 N–H and O–H groups in total. The van der Waals surface area contributed by atoms with Crippen LogP contribution in [-0.4, -0.2) is 30.6 Å². The third-order valence-corrected chi connectivity index (χ3v) is 3.47. The van der Waals surface area contributed by atoms with Crippen LogP contribution in [0.15, 0.2) is 18.2 Å². The Hall–Kier alpha value is -1.66. The van der Waals surface area contributed by atoms with E-state index in [4.69, 9.17) is 10.5 Å². The summed E-state index contributed by atoms with van der Waals surface area (Å²) in [6, 6.07) is 5.35. The monoisotopic (exact) mass is 265 g/mol. The Labute approximate surface area is 109 Å². The van der Waals surface area contributed by atoms with Crippen LogP contribution in [0.5, 0.6) is 0 Å². The van der Waals surface area contributed by atoms with Crippen molar-refractivity contribution in [3.8, 4) is 0 Å². The van der Waals surface area contributed by atoms with Gasteiger partial charge in [0.25, 0.3) is 5.91 Å². The fourth-order valence-electron chi connectivity index (χ4n) is 1.51. The molecule has 2 aromatic rings. The molecule has 0 saturated carbocycles. The average Bonchev–Trinajstić information content (AvgIpc) is 2.74. The molecule has 1 aromatic heterocycles. The lowest BCUT2D eigenvalue weighted by Gasteiger charge is -2.10. The number of amides is 1. The van der Waals surface area contributed by atoms with Crippen molar-refractivity contribution in [2.24, 2.45) is 0 Å². The number of nitrogens with one attached hydrogen (secondary N) is 1. The Morgan fingerprint density at radius 3 is 3.11 bits per heavy atom. The average molecular weight is 265 g/mol. The van der Waals surface area contributed by atoms with Gasteiger partial charge in [0.2, 0.25) is 0 Å². The van der Waals surface area contributed by atoms with Gasteiger partial charge >= 0.3 is 0 Å². The summed E-state index contributed by atoms with van der Waals surface area (Å²) in [5.74, 6) is -0.118. The summed E-state index contributed by atoms with van der Waals surface area (Å²) < 4.78 is 5.99. The van der Waals surface area contributed by atoms with Gasteiger partial charge in [-0.1, -0.05) is 11.3 Å². The van der Waals surface area contributed by atoms with E-state index >= 15 is 0 Å². The summed E-state index contributed by atoms with van der Waals surface area (Å²) in [5.41, 5.74) is 7.05. The molecular weight excluding hydrogens is 250 g/mol. The number of hydrogen-bond acceptors (Lipinski definition) is 5. The first-order chi connectivity index (χ1) is 8.60. The number of anilines is 1. The molecule has 18 heavy (non-hydrogen) atoms. The fourth-order valence-corrected chi connectivity index (χ4v) is 2.28. The van der Waals surface area contributed by atoms with Crippen LogP contribution >= 0.6 is 11.3 Å². The highest BCUT2D eigenvalue weighted by Crippen LogP contribution is 2.24. The first-order valence-corrected chi connectivity index (χ1v) is 6.39. The maximum Gasteiger partial charge on any atom is 0.251 e. The van der Waals surface area contributed by atoms with E-state index in [2.05, 4.69) is 10.3 Å². The van der Waals surface area contributed by atoms with Crippen molar-refractivity contribution in [2.45, 2.75) is 13.0 Å². The van der Waals surface area contributed by atoms with Gasteiger partial charge in [-0.05, 0) is 25.1 Å². The Kier molecular flexibility index (Phi) is 3.78. The lowest BCUT2D eigenvalue weighted by Crippen LogP contribution is -2.31. The van der Waals surface area contributed by atoms with Crippen molar-refractivity contribution in [2.75, 3.05) is 19.4 Å². The minimum atomic E-state index is -0.118. The molecule has 1 unspecified atom stereocenters. The summed E-state index contributed by atoms with van der Waals surface area (Å²) in [7, 11) is 1.61. The van der Waals surface area contributed by atoms with Gasteiger partial charge in [0.1, 0.15) is 0 Å². The summed E-state index contributed by atoms with van der Waals surface area (Å²) in [6.07, 6.45) is -0.00303. The number of nitrogens with zero attached hydrogens (tertiary/aromatic N) is 1. The summed E-state index contributed by atoms with van der Waals surface area (Å²) in [5, 5.41) is 3.32. The second-order valence-corrected chi connectivity index (χ2v) is 5.05. The molecule has 2 rings (SSSR count). The van der Waals surface area contributed by atoms with Gasteiger partial charge in [0.15, 0.2) is 5.13 Å². The highest BCUT2D eigenvalue weighted by molar-refractivity contribution is 7.22. The zero-order valence-electron chi connectivity index (χ0n) is 10.3. The maximum atomic E-state index is 11.9. The molecule has 0 aliphatic heterocycles. The van der Waals surface area contributed by atoms with Crippen LogP contribution in [0.4, 0.5) is 5.13 Å². The van der Waals surface area contributed by atoms with Gasteiger partial charge in [0, 0.05) is 19.2 Å². The topological polar surface area (TPSA) is 77.2 Å². The number of ether oxygens (including phenoxy) is 1. The Balaban J connectivity index is 2.12. The third-order valence-electron chi connectivity index (χ3n) is 2.62. The number of methoxy groups -OCH3 is 1. The van der Waals surface area contributed by atoms with Gasteiger partial charge in [-0.25, -0.2) is 4.98 Å². The maximum absolute atomic E-state index is 11.9. The molecule has 5 nitrogen and oxygen atoms in total. The third kappa shape index (κ3) is 2.77. The lowest BCUT2D eigenvalue weighted by molar-refractivity contribution is 0.0870. The second kappa shape index (κ2) is 5.32. The van der Waals surface area contributed by atoms with E-state index in [9.17, 15) is 4.79 Å². The first kappa shape index (κ1) is 12.8. The number of carbonyl (C=O) groups is 1. The number of nitrogen functional groups attached to an aromatic ring is 1. The predicted octanol–water partition coefficient (Wildman–Crippen LogP) is 1.64. The fraction of sp³-hybridized carbons (Fsp3) is 0.333. The molecule has 0 aliphatic carbocycles. The van der Waals surface area contributed by atoms with Crippen molar-refractivity contribution < 1.29 is 9.53 Å². The van der Waals surface area contributed by atoms with E-state index in [-0.39, 0.29) is 12.0 Å². The van der Waals surface area contributed by atoms with Crippen LogP contribution in [-0.2, 0) is 4.74 Å². The lowest BCUT2D eigenvalue weighted by atomic mass is 10.2. The Morgan fingerprint density at radius 1 is 1.61 bits per heavy atom. The Morgan fingerprint density at radius 2 is 2.39 bits per heavy atom. The summed E-state index contributed by atoms with van der Waals surface area (Å²) in [6.45, 7) is 2.38. The predicted molar refractivity (Wildman–Crippen MR) is 72.8 cm³/mol. The second-order valence-electron chi connectivity index (χ2n) is 3.99. The normalized spacial score (nSPS) is 12.6. The van der Waals surface area contributed by atoms with E-state index in [1.54, 1.807) is 25.3 Å². The van der Waals surface area contributed by atoms with Gasteiger partial charge in [0.05, 0.1) is 16.3 Å². The summed E-state index contributed by atoms with van der Waals surface area (Å²) >= 11 is 1.37. The molecule has 1 amide bonds. The number of nitrogens with two attached hydrogens (primary N) is 1. The van der Waals surface area contributed by atoms with E-state index in [1.165, 1.54) is 11.3 Å². The SMILES string of the molecule is COC(C)CNC(=O)c1ccc2nc(N)sc2c1. The first-order valence-electron chi connectivity index (χ1n) is 5.57. The quantitative estimate of drug-likeness (QED) is 0.881. The standard InChI is InChI=1S/C12H15N3O2S/c1-7(17-2)6-14-11(16)8-3-4-9-10(5-8)18-12(13)15-9/h3-5,7H,6H2,1-2H3,(H2,13,15)(H,14,16). The molecule has 96 valence electrons. The highest BCUT2D eigenvalue weighted by atomic mass is 32.1. The van der Waals surface area contributed by atoms with E-state index < -0.39 is 0 Å². The molecular formula is C12H15N3O2S. The molecule has 0 aliphatic rings. The molecule has 0 saturated heterocycles. The van der Waals surface area contributed by atoms with Crippen molar-refractivity contribution in [1.29, 1.82) is 0 Å². The summed E-state index contributed by atoms with van der Waals surface area (Å²) in [4.78, 5) is 16.0. The number of aromatic nitrogens is 1.